The van der Waals surface area contributed by atoms with Gasteiger partial charge in [0.05, 0.1) is 7.11 Å². The monoisotopic (exact) mass is 294 g/mol. The highest BCUT2D eigenvalue weighted by Crippen LogP contribution is 2.12. The zero-order valence-corrected chi connectivity index (χ0v) is 13.9. The normalized spacial score (nSPS) is 12.1. The van der Waals surface area contributed by atoms with Gasteiger partial charge in [0.2, 0.25) is 0 Å². The summed E-state index contributed by atoms with van der Waals surface area (Å²) in [6, 6.07) is 18.8. The van der Waals surface area contributed by atoms with Gasteiger partial charge in [0.1, 0.15) is 13.8 Å². The predicted octanol–water partition coefficient (Wildman–Crippen LogP) is 4.42. The number of rotatable bonds is 5. The Kier molecular flexibility index (Phi) is 5.18. The highest BCUT2D eigenvalue weighted by Gasteiger charge is 2.18. The molecule has 2 aromatic carbocycles. The summed E-state index contributed by atoms with van der Waals surface area (Å²) in [5.74, 6) is 0.889. The first kappa shape index (κ1) is 15.3. The third kappa shape index (κ3) is 4.47. The van der Waals surface area contributed by atoms with Gasteiger partial charge < -0.3 is 4.74 Å². The van der Waals surface area contributed by atoms with Crippen molar-refractivity contribution in [3.63, 3.8) is 0 Å². The zero-order valence-electron chi connectivity index (χ0n) is 12.9. The first-order valence-electron chi connectivity index (χ1n) is 7.17. The van der Waals surface area contributed by atoms with Gasteiger partial charge in [0.15, 0.2) is 0 Å². The Balaban J connectivity index is 2.02. The molecule has 2 rings (SSSR count). The Morgan fingerprint density at radius 1 is 0.857 bits per heavy atom. The average Bonchev–Trinajstić information content (AvgIpc) is 2.53. The van der Waals surface area contributed by atoms with Gasteiger partial charge in [-0.1, -0.05) is 84.7 Å². The Morgan fingerprint density at radius 2 is 1.52 bits per heavy atom. The summed E-state index contributed by atoms with van der Waals surface area (Å²) in [7, 11) is 0.200. The van der Waals surface area contributed by atoms with Crippen LogP contribution in [-0.2, 0) is 0 Å². The molecule has 0 saturated heterocycles. The lowest BCUT2D eigenvalue weighted by atomic mass is 10.2. The van der Waals surface area contributed by atoms with Crippen LogP contribution in [0.5, 0.6) is 5.75 Å². The molecule has 0 radical (unpaired) electrons. The molecular formula is C19H22OSi. The van der Waals surface area contributed by atoms with Gasteiger partial charge in [-0.25, -0.2) is 0 Å². The van der Waals surface area contributed by atoms with Crippen molar-refractivity contribution >= 4 is 19.3 Å². The van der Waals surface area contributed by atoms with E-state index in [1.165, 1.54) is 10.8 Å². The lowest BCUT2D eigenvalue weighted by Gasteiger charge is -2.17. The van der Waals surface area contributed by atoms with Crippen molar-refractivity contribution in [3.05, 3.63) is 78.0 Å². The quantitative estimate of drug-likeness (QED) is 0.586. The van der Waals surface area contributed by atoms with Gasteiger partial charge in [-0.3, -0.25) is 0 Å². The fraction of sp³-hybridized carbons (Fsp3) is 0.158. The van der Waals surface area contributed by atoms with E-state index in [9.17, 15) is 0 Å². The maximum Gasteiger partial charge on any atom is 0.118 e. The van der Waals surface area contributed by atoms with Gasteiger partial charge in [0, 0.05) is 0 Å². The first-order valence-corrected chi connectivity index (χ1v) is 10.2. The van der Waals surface area contributed by atoms with E-state index in [-0.39, 0.29) is 0 Å². The van der Waals surface area contributed by atoms with Gasteiger partial charge in [-0.15, -0.1) is 0 Å². The van der Waals surface area contributed by atoms with E-state index in [2.05, 4.69) is 79.5 Å². The summed E-state index contributed by atoms with van der Waals surface area (Å²) >= 11 is 0. The number of benzene rings is 2. The molecule has 2 aromatic rings. The SMILES string of the molecule is COc1ccc(/C=C/C=C/[Si](C)(C)c2ccccc2)cc1. The molecule has 0 aliphatic carbocycles. The number of hydrogen-bond donors (Lipinski definition) is 0. The van der Waals surface area contributed by atoms with E-state index in [1.54, 1.807) is 7.11 Å². The molecule has 0 heterocycles. The van der Waals surface area contributed by atoms with Crippen LogP contribution in [0.25, 0.3) is 6.08 Å². The summed E-state index contributed by atoms with van der Waals surface area (Å²) < 4.78 is 5.16. The molecular weight excluding hydrogens is 272 g/mol. The average molecular weight is 294 g/mol. The fourth-order valence-corrected chi connectivity index (χ4v) is 3.98. The second-order valence-corrected chi connectivity index (χ2v) is 9.93. The molecule has 0 N–H and O–H groups in total. The van der Waals surface area contributed by atoms with Gasteiger partial charge in [-0.2, -0.15) is 0 Å². The highest BCUT2D eigenvalue weighted by molar-refractivity contribution is 6.93. The molecule has 0 spiro atoms. The molecule has 0 atom stereocenters. The van der Waals surface area contributed by atoms with Crippen LogP contribution in [0.15, 0.2) is 72.4 Å². The van der Waals surface area contributed by atoms with Gasteiger partial charge in [0.25, 0.3) is 0 Å². The molecule has 0 fully saturated rings. The standard InChI is InChI=1S/C19H22OSi/c1-20-18-14-12-17(13-15-18)9-7-8-16-21(2,3)19-10-5-4-6-11-19/h4-16H,1-3H3/b9-7+,16-8+. The van der Waals surface area contributed by atoms with E-state index >= 15 is 0 Å². The Hall–Kier alpha value is -2.06. The Bertz CT molecular complexity index is 610. The van der Waals surface area contributed by atoms with Crippen LogP contribution in [0.3, 0.4) is 0 Å². The van der Waals surface area contributed by atoms with E-state index in [0.29, 0.717) is 0 Å². The fourth-order valence-electron chi connectivity index (χ4n) is 2.14. The van der Waals surface area contributed by atoms with Crippen LogP contribution in [0.1, 0.15) is 5.56 Å². The van der Waals surface area contributed by atoms with Crippen molar-refractivity contribution in [2.45, 2.75) is 13.1 Å². The molecule has 0 amide bonds. The molecule has 0 saturated carbocycles. The lowest BCUT2D eigenvalue weighted by Crippen LogP contribution is -2.39. The number of allylic oxidation sites excluding steroid dienone is 2. The first-order chi connectivity index (χ1) is 10.1. The number of hydrogen-bond acceptors (Lipinski definition) is 1. The number of methoxy groups -OCH3 is 1. The van der Waals surface area contributed by atoms with Crippen LogP contribution in [0.4, 0.5) is 0 Å². The smallest absolute Gasteiger partial charge is 0.118 e. The van der Waals surface area contributed by atoms with Crippen LogP contribution < -0.4 is 9.92 Å². The molecule has 108 valence electrons. The third-order valence-electron chi connectivity index (χ3n) is 3.55. The molecule has 21 heavy (non-hydrogen) atoms. The van der Waals surface area contributed by atoms with Crippen LogP contribution in [-0.4, -0.2) is 15.2 Å². The molecule has 2 heteroatoms. The summed E-state index contributed by atoms with van der Waals surface area (Å²) in [6.07, 6.45) is 6.40. The lowest BCUT2D eigenvalue weighted by molar-refractivity contribution is 0.415. The van der Waals surface area contributed by atoms with Crippen molar-refractivity contribution in [1.29, 1.82) is 0 Å². The summed E-state index contributed by atoms with van der Waals surface area (Å²) in [4.78, 5) is 0. The molecule has 0 bridgehead atoms. The predicted molar refractivity (Wildman–Crippen MR) is 94.7 cm³/mol. The minimum atomic E-state index is -1.48. The van der Waals surface area contributed by atoms with E-state index in [4.69, 9.17) is 4.74 Å². The summed E-state index contributed by atoms with van der Waals surface area (Å²) in [5, 5.41) is 1.46. The molecule has 0 unspecified atom stereocenters. The van der Waals surface area contributed by atoms with Crippen LogP contribution >= 0.6 is 0 Å². The van der Waals surface area contributed by atoms with E-state index < -0.39 is 8.07 Å². The summed E-state index contributed by atoms with van der Waals surface area (Å²) in [5.41, 5.74) is 3.54. The van der Waals surface area contributed by atoms with Crippen molar-refractivity contribution in [2.75, 3.05) is 7.11 Å². The molecule has 0 aromatic heterocycles. The van der Waals surface area contributed by atoms with Crippen LogP contribution in [0, 0.1) is 0 Å². The van der Waals surface area contributed by atoms with Crippen molar-refractivity contribution in [2.24, 2.45) is 0 Å². The number of ether oxygens (including phenoxy) is 1. The third-order valence-corrected chi connectivity index (χ3v) is 6.39. The van der Waals surface area contributed by atoms with E-state index in [1.807, 2.05) is 12.1 Å². The molecule has 0 aliphatic rings. The van der Waals surface area contributed by atoms with Crippen LogP contribution in [0.2, 0.25) is 13.1 Å². The Labute approximate surface area is 128 Å². The van der Waals surface area contributed by atoms with Crippen molar-refractivity contribution < 1.29 is 4.74 Å². The van der Waals surface area contributed by atoms with Gasteiger partial charge in [-0.05, 0) is 17.7 Å². The van der Waals surface area contributed by atoms with Crippen molar-refractivity contribution in [1.82, 2.24) is 0 Å². The molecule has 0 aliphatic heterocycles. The summed E-state index contributed by atoms with van der Waals surface area (Å²) in [6.45, 7) is 4.72. The minimum absolute atomic E-state index is 0.889. The van der Waals surface area contributed by atoms with Crippen molar-refractivity contribution in [3.8, 4) is 5.75 Å². The minimum Gasteiger partial charge on any atom is -0.497 e. The highest BCUT2D eigenvalue weighted by atomic mass is 28.3. The second-order valence-electron chi connectivity index (χ2n) is 5.58. The molecule has 1 nitrogen and oxygen atoms in total. The van der Waals surface area contributed by atoms with E-state index in [0.717, 1.165) is 5.75 Å². The topological polar surface area (TPSA) is 9.23 Å². The zero-order chi connectivity index (χ0) is 15.1. The Morgan fingerprint density at radius 3 is 2.14 bits per heavy atom. The van der Waals surface area contributed by atoms with Gasteiger partial charge >= 0.3 is 0 Å². The maximum atomic E-state index is 5.16. The maximum absolute atomic E-state index is 5.16. The second kappa shape index (κ2) is 7.09. The largest absolute Gasteiger partial charge is 0.497 e.